The second kappa shape index (κ2) is 19.2. The number of nitrogens with zero attached hydrogens (tertiary/aromatic N) is 9. The van der Waals surface area contributed by atoms with Gasteiger partial charge in [0.15, 0.2) is 11.3 Å². The minimum atomic E-state index is -3.60. The molecule has 358 valence electrons. The lowest BCUT2D eigenvalue weighted by molar-refractivity contribution is 0.0193. The predicted octanol–water partition coefficient (Wildman–Crippen LogP) is 9.30. The van der Waals surface area contributed by atoms with Crippen LogP contribution >= 0.6 is 15.9 Å². The Morgan fingerprint density at radius 1 is 0.667 bits per heavy atom. The summed E-state index contributed by atoms with van der Waals surface area (Å²) in [6.07, 6.45) is 11.0. The van der Waals surface area contributed by atoms with Gasteiger partial charge in [0.1, 0.15) is 5.60 Å². The van der Waals surface area contributed by atoms with Crippen LogP contribution in [0, 0.1) is 0 Å². The van der Waals surface area contributed by atoms with E-state index < -0.39 is 15.6 Å². The van der Waals surface area contributed by atoms with E-state index in [1.54, 1.807) is 27.5 Å². The predicted molar refractivity (Wildman–Crippen MR) is 277 cm³/mol. The molecule has 2 aliphatic heterocycles. The van der Waals surface area contributed by atoms with Gasteiger partial charge in [0.25, 0.3) is 0 Å². The third kappa shape index (κ3) is 9.78. The Morgan fingerprint density at radius 3 is 1.75 bits per heavy atom. The van der Waals surface area contributed by atoms with Crippen LogP contribution in [0.1, 0.15) is 48.5 Å². The Kier molecular flexibility index (Phi) is 13.2. The van der Waals surface area contributed by atoms with Crippen LogP contribution in [-0.4, -0.2) is 112 Å². The summed E-state index contributed by atoms with van der Waals surface area (Å²) >= 11 is 3.46. The number of sulfonamides is 1. The SMILES string of the molecule is CNS(=O)(=O)c1ccc(-c2cnn3cc(-c4ccc(N5[C@H](C)CNC[C@@H]5C)cc4)cnc23)c2ccccc12.C[C@@H]1CN(C(=O)OC(C)(C)C)C[C@H](C)N1c1ccc(-c2cnc3c(Br)cnn3c2)cc1. The molecular weight excluding hydrogens is 955 g/mol. The van der Waals surface area contributed by atoms with Crippen LogP contribution in [-0.2, 0) is 14.8 Å². The van der Waals surface area contributed by atoms with Gasteiger partial charge < -0.3 is 24.8 Å². The van der Waals surface area contributed by atoms with Gasteiger partial charge in [-0.25, -0.2) is 36.9 Å². The standard InChI is InChI=1S/C29H30N6O2S.C23H28BrN5O2/c1-19-14-31-15-20(2)35(19)23-10-8-21(9-11-23)22-16-32-29-27(17-33-34(29)18-22)25-12-13-28(38(36,37)30-3)26-7-5-4-6-24(25)26;1-15-12-27(22(30)31-23(3,4)5)13-16(2)29(15)19-8-6-17(7-9-19)18-10-25-21-20(24)11-26-28(21)14-18/h4-13,16-20,30-31H,14-15H2,1-3H3;6-11,14-16H,12-13H2,1-5H3/t19-,20+;15-,16+. The lowest BCUT2D eigenvalue weighted by Gasteiger charge is -2.45. The van der Waals surface area contributed by atoms with E-state index in [-0.39, 0.29) is 23.1 Å². The molecule has 4 aromatic heterocycles. The van der Waals surface area contributed by atoms with Crippen molar-refractivity contribution < 1.29 is 17.9 Å². The van der Waals surface area contributed by atoms with Crippen molar-refractivity contribution >= 4 is 65.5 Å². The van der Waals surface area contributed by atoms with E-state index in [9.17, 15) is 13.2 Å². The molecule has 0 aliphatic carbocycles. The third-order valence-electron chi connectivity index (χ3n) is 12.8. The number of carbonyl (C=O) groups is 1. The second-order valence-corrected chi connectivity index (χ2v) is 21.7. The number of piperazine rings is 2. The number of rotatable bonds is 7. The second-order valence-electron chi connectivity index (χ2n) is 19.0. The van der Waals surface area contributed by atoms with E-state index in [1.807, 2.05) is 80.8 Å². The van der Waals surface area contributed by atoms with Crippen LogP contribution in [0.15, 0.2) is 131 Å². The van der Waals surface area contributed by atoms with Crippen LogP contribution in [0.4, 0.5) is 16.2 Å². The van der Waals surface area contributed by atoms with E-state index in [0.717, 1.165) is 67.7 Å². The van der Waals surface area contributed by atoms with Crippen molar-refractivity contribution in [2.45, 2.75) is 83.1 Å². The molecule has 4 aromatic carbocycles. The van der Waals surface area contributed by atoms with Gasteiger partial charge in [-0.3, -0.25) is 0 Å². The summed E-state index contributed by atoms with van der Waals surface area (Å²) < 4.78 is 37.6. The van der Waals surface area contributed by atoms with Crippen molar-refractivity contribution in [3.05, 3.63) is 127 Å². The molecule has 0 spiro atoms. The van der Waals surface area contributed by atoms with Crippen molar-refractivity contribution in [3.8, 4) is 33.4 Å². The number of benzene rings is 4. The van der Waals surface area contributed by atoms with Crippen molar-refractivity contribution in [2.24, 2.45) is 0 Å². The highest BCUT2D eigenvalue weighted by Gasteiger charge is 2.34. The molecule has 0 unspecified atom stereocenters. The number of ether oxygens (including phenoxy) is 1. The highest BCUT2D eigenvalue weighted by atomic mass is 79.9. The van der Waals surface area contributed by atoms with Crippen LogP contribution < -0.4 is 19.8 Å². The highest BCUT2D eigenvalue weighted by Crippen LogP contribution is 2.36. The normalized spacial score (nSPS) is 18.9. The van der Waals surface area contributed by atoms with Gasteiger partial charge in [0, 0.05) is 109 Å². The van der Waals surface area contributed by atoms with E-state index in [4.69, 9.17) is 9.72 Å². The summed E-state index contributed by atoms with van der Waals surface area (Å²) in [5.41, 5.74) is 9.25. The van der Waals surface area contributed by atoms with Gasteiger partial charge >= 0.3 is 6.09 Å². The molecule has 0 radical (unpaired) electrons. The van der Waals surface area contributed by atoms with Gasteiger partial charge in [-0.15, -0.1) is 0 Å². The van der Waals surface area contributed by atoms with Gasteiger partial charge in [-0.05, 0) is 124 Å². The quantitative estimate of drug-likeness (QED) is 0.157. The fourth-order valence-electron chi connectivity index (χ4n) is 9.66. The Morgan fingerprint density at radius 2 is 1.19 bits per heavy atom. The molecule has 10 rings (SSSR count). The van der Waals surface area contributed by atoms with Crippen LogP contribution in [0.25, 0.3) is 55.4 Å². The van der Waals surface area contributed by atoms with E-state index in [2.05, 4.69) is 127 Å². The first kappa shape index (κ1) is 47.7. The van der Waals surface area contributed by atoms with Crippen LogP contribution in [0.3, 0.4) is 0 Å². The summed E-state index contributed by atoms with van der Waals surface area (Å²) in [5, 5.41) is 13.9. The molecule has 4 atom stereocenters. The maximum absolute atomic E-state index is 12.6. The minimum absolute atomic E-state index is 0.182. The lowest BCUT2D eigenvalue weighted by atomic mass is 10.00. The zero-order valence-corrected chi connectivity index (χ0v) is 42.5. The molecule has 15 nitrogen and oxygen atoms in total. The van der Waals surface area contributed by atoms with Crippen molar-refractivity contribution in [3.63, 3.8) is 0 Å². The molecule has 2 fully saturated rings. The lowest BCUT2D eigenvalue weighted by Crippen LogP contribution is -2.58. The highest BCUT2D eigenvalue weighted by molar-refractivity contribution is 9.10. The molecule has 17 heteroatoms. The fourth-order valence-corrected chi connectivity index (χ4v) is 11.0. The van der Waals surface area contributed by atoms with Crippen LogP contribution in [0.5, 0.6) is 0 Å². The Balaban J connectivity index is 0.000000176. The molecule has 1 amide bonds. The first-order valence-electron chi connectivity index (χ1n) is 23.2. The summed E-state index contributed by atoms with van der Waals surface area (Å²) in [6.45, 7) is 17.7. The maximum Gasteiger partial charge on any atom is 0.410 e. The Bertz CT molecular complexity index is 3240. The van der Waals surface area contributed by atoms with E-state index in [1.165, 1.54) is 12.7 Å². The van der Waals surface area contributed by atoms with Crippen LogP contribution in [0.2, 0.25) is 0 Å². The molecule has 6 heterocycles. The number of amides is 1. The Labute approximate surface area is 411 Å². The number of carbonyl (C=O) groups excluding carboxylic acids is 1. The zero-order valence-electron chi connectivity index (χ0n) is 40.1. The number of anilines is 2. The first-order valence-corrected chi connectivity index (χ1v) is 25.5. The molecular formula is C52H58BrN11O4S. The largest absolute Gasteiger partial charge is 0.444 e. The number of aromatic nitrogens is 6. The average molecular weight is 1010 g/mol. The third-order valence-corrected chi connectivity index (χ3v) is 14.8. The number of hydrogen-bond donors (Lipinski definition) is 2. The van der Waals surface area contributed by atoms with E-state index >= 15 is 0 Å². The molecule has 0 saturated carbocycles. The molecule has 8 aromatic rings. The smallest absolute Gasteiger partial charge is 0.410 e. The molecule has 69 heavy (non-hydrogen) atoms. The Hall–Kier alpha value is -6.40. The zero-order chi connectivity index (χ0) is 48.8. The molecule has 2 saturated heterocycles. The number of hydrogen-bond acceptors (Lipinski definition) is 11. The average Bonchev–Trinajstić information content (AvgIpc) is 3.93. The molecule has 0 bridgehead atoms. The van der Waals surface area contributed by atoms with Crippen molar-refractivity contribution in [1.82, 2.24) is 44.1 Å². The van der Waals surface area contributed by atoms with Gasteiger partial charge in [0.2, 0.25) is 10.0 Å². The van der Waals surface area contributed by atoms with Crippen molar-refractivity contribution in [1.29, 1.82) is 0 Å². The van der Waals surface area contributed by atoms with Gasteiger partial charge in [-0.1, -0.05) is 54.6 Å². The number of fused-ring (bicyclic) bond motifs is 3. The fraction of sp³-hybridized carbons (Fsp3) is 0.327. The maximum atomic E-state index is 12.6. The summed E-state index contributed by atoms with van der Waals surface area (Å²) in [4.78, 5) is 28.7. The first-order chi connectivity index (χ1) is 33.0. The van der Waals surface area contributed by atoms with Crippen molar-refractivity contribution in [2.75, 3.05) is 43.0 Å². The number of halogens is 1. The van der Waals surface area contributed by atoms with Gasteiger partial charge in [-0.2, -0.15) is 10.2 Å². The topological polar surface area (TPSA) is 155 Å². The number of nitrogens with one attached hydrogen (secondary N) is 2. The minimum Gasteiger partial charge on any atom is -0.444 e. The molecule has 2 N–H and O–H groups in total. The summed E-state index contributed by atoms with van der Waals surface area (Å²) in [6, 6.07) is 29.3. The van der Waals surface area contributed by atoms with E-state index in [0.29, 0.717) is 36.2 Å². The monoisotopic (exact) mass is 1010 g/mol. The molecule has 2 aliphatic rings. The van der Waals surface area contributed by atoms with Gasteiger partial charge in [0.05, 0.1) is 21.8 Å². The summed E-state index contributed by atoms with van der Waals surface area (Å²) in [7, 11) is -2.18. The summed E-state index contributed by atoms with van der Waals surface area (Å²) in [5.74, 6) is 0.